The van der Waals surface area contributed by atoms with Gasteiger partial charge in [-0.05, 0) is 50.0 Å². The molecule has 0 aliphatic carbocycles. The van der Waals surface area contributed by atoms with E-state index < -0.39 is 5.60 Å². The standard InChI is InChI=1S/C20H23NO.C8H18.BrH/c22-20(17-7-3-1-4-8-17,18-9-5-2-6-10-18)19-11-14-21(15-12-19)16-13-19;1-3-5-7-8-6-4-2;/h1-10,22H,11-16H2;3-8H2,1-2H3;1H. The predicted octanol–water partition coefficient (Wildman–Crippen LogP) is 7.35. The minimum atomic E-state index is -0.887. The highest BCUT2D eigenvalue weighted by Gasteiger charge is 2.55. The van der Waals surface area contributed by atoms with E-state index in [9.17, 15) is 5.11 Å². The number of halogens is 1. The highest BCUT2D eigenvalue weighted by molar-refractivity contribution is 8.93. The van der Waals surface area contributed by atoms with Crippen LogP contribution in [-0.4, -0.2) is 29.6 Å². The molecule has 2 nitrogen and oxygen atoms in total. The van der Waals surface area contributed by atoms with Gasteiger partial charge in [0.25, 0.3) is 0 Å². The van der Waals surface area contributed by atoms with Crippen molar-refractivity contribution in [3.8, 4) is 0 Å². The summed E-state index contributed by atoms with van der Waals surface area (Å²) in [5.41, 5.74) is 1.15. The minimum absolute atomic E-state index is 0. The molecule has 2 aromatic carbocycles. The first kappa shape index (κ1) is 26.1. The summed E-state index contributed by atoms with van der Waals surface area (Å²) in [6.07, 6.45) is 11.7. The van der Waals surface area contributed by atoms with E-state index in [0.717, 1.165) is 50.0 Å². The summed E-state index contributed by atoms with van der Waals surface area (Å²) in [5, 5.41) is 12.0. The maximum Gasteiger partial charge on any atom is 0.120 e. The van der Waals surface area contributed by atoms with Crippen LogP contribution in [0.5, 0.6) is 0 Å². The summed E-state index contributed by atoms with van der Waals surface area (Å²) in [5.74, 6) is 0. The van der Waals surface area contributed by atoms with Crippen molar-refractivity contribution in [2.24, 2.45) is 5.41 Å². The van der Waals surface area contributed by atoms with E-state index in [2.05, 4.69) is 43.0 Å². The van der Waals surface area contributed by atoms with E-state index in [1.54, 1.807) is 0 Å². The van der Waals surface area contributed by atoms with Crippen molar-refractivity contribution in [1.29, 1.82) is 0 Å². The normalized spacial score (nSPS) is 22.2. The topological polar surface area (TPSA) is 23.5 Å². The van der Waals surface area contributed by atoms with Gasteiger partial charge < -0.3 is 10.0 Å². The van der Waals surface area contributed by atoms with Crippen LogP contribution in [0.3, 0.4) is 0 Å². The Morgan fingerprint density at radius 2 is 1.10 bits per heavy atom. The third-order valence-electron chi connectivity index (χ3n) is 7.33. The first-order chi connectivity index (χ1) is 14.7. The van der Waals surface area contributed by atoms with Crippen LogP contribution in [0.4, 0.5) is 0 Å². The van der Waals surface area contributed by atoms with Crippen LogP contribution in [0.1, 0.15) is 82.8 Å². The lowest BCUT2D eigenvalue weighted by atomic mass is 9.57. The first-order valence-corrected chi connectivity index (χ1v) is 12.2. The van der Waals surface area contributed by atoms with Crippen molar-refractivity contribution in [3.63, 3.8) is 0 Å². The quantitative estimate of drug-likeness (QED) is 0.393. The molecule has 0 spiro atoms. The van der Waals surface area contributed by atoms with Crippen LogP contribution >= 0.6 is 17.0 Å². The molecular weight excluding hydrogens is 446 g/mol. The van der Waals surface area contributed by atoms with E-state index in [1.807, 2.05) is 36.4 Å². The van der Waals surface area contributed by atoms with Crippen LogP contribution < -0.4 is 0 Å². The van der Waals surface area contributed by atoms with Crippen molar-refractivity contribution < 1.29 is 5.11 Å². The summed E-state index contributed by atoms with van der Waals surface area (Å²) < 4.78 is 0. The number of nitrogens with zero attached hydrogens (tertiary/aromatic N) is 1. The number of hydrogen-bond donors (Lipinski definition) is 1. The van der Waals surface area contributed by atoms with Gasteiger partial charge in [-0.25, -0.2) is 0 Å². The van der Waals surface area contributed by atoms with Crippen LogP contribution in [0.25, 0.3) is 0 Å². The highest BCUT2D eigenvalue weighted by atomic mass is 79.9. The number of unbranched alkanes of at least 4 members (excludes halogenated alkanes) is 5. The average Bonchev–Trinajstić information content (AvgIpc) is 2.84. The molecule has 0 radical (unpaired) electrons. The molecule has 2 bridgehead atoms. The van der Waals surface area contributed by atoms with Gasteiger partial charge in [0.15, 0.2) is 0 Å². The Bertz CT molecular complexity index is 666. The molecule has 0 aromatic heterocycles. The van der Waals surface area contributed by atoms with Gasteiger partial charge in [0.05, 0.1) is 0 Å². The average molecular weight is 489 g/mol. The van der Waals surface area contributed by atoms with Crippen LogP contribution in [-0.2, 0) is 5.60 Å². The van der Waals surface area contributed by atoms with Crippen molar-refractivity contribution in [2.45, 2.75) is 77.2 Å². The van der Waals surface area contributed by atoms with Gasteiger partial charge in [-0.15, -0.1) is 17.0 Å². The van der Waals surface area contributed by atoms with E-state index in [1.165, 1.54) is 38.5 Å². The van der Waals surface area contributed by atoms with Gasteiger partial charge in [0.2, 0.25) is 0 Å². The summed E-state index contributed by atoms with van der Waals surface area (Å²) >= 11 is 0. The van der Waals surface area contributed by atoms with Gasteiger partial charge >= 0.3 is 0 Å². The molecule has 2 aromatic rings. The van der Waals surface area contributed by atoms with Gasteiger partial charge in [0.1, 0.15) is 5.60 Å². The van der Waals surface area contributed by atoms with Gasteiger partial charge in [-0.2, -0.15) is 0 Å². The lowest BCUT2D eigenvalue weighted by Crippen LogP contribution is -2.58. The zero-order valence-corrected chi connectivity index (χ0v) is 21.3. The molecule has 3 saturated heterocycles. The highest BCUT2D eigenvalue weighted by Crippen LogP contribution is 2.55. The Hall–Kier alpha value is -1.16. The smallest absolute Gasteiger partial charge is 0.120 e. The number of aliphatic hydroxyl groups is 1. The molecule has 172 valence electrons. The van der Waals surface area contributed by atoms with Crippen LogP contribution in [0.15, 0.2) is 60.7 Å². The molecule has 1 N–H and O–H groups in total. The van der Waals surface area contributed by atoms with Crippen LogP contribution in [0, 0.1) is 5.41 Å². The largest absolute Gasteiger partial charge is 0.380 e. The molecule has 3 aliphatic rings. The molecule has 0 amide bonds. The number of hydrogen-bond acceptors (Lipinski definition) is 2. The molecule has 0 atom stereocenters. The molecule has 0 unspecified atom stereocenters. The SMILES string of the molecule is Br.CCCCCCCC.OC(c1ccccc1)(c1ccccc1)C12CCN(CC1)CC2. The third-order valence-corrected chi connectivity index (χ3v) is 7.33. The second-order valence-corrected chi connectivity index (χ2v) is 9.23. The first-order valence-electron chi connectivity index (χ1n) is 12.2. The maximum absolute atomic E-state index is 12.0. The monoisotopic (exact) mass is 487 g/mol. The second kappa shape index (κ2) is 12.8. The van der Waals surface area contributed by atoms with Gasteiger partial charge in [-0.1, -0.05) is 113 Å². The molecule has 5 rings (SSSR count). The predicted molar refractivity (Wildman–Crippen MR) is 138 cm³/mol. The molecule has 3 heterocycles. The number of piperidine rings is 3. The van der Waals surface area contributed by atoms with Crippen molar-refractivity contribution >= 4 is 17.0 Å². The summed E-state index contributed by atoms with van der Waals surface area (Å²) in [6.45, 7) is 7.85. The fourth-order valence-electron chi connectivity index (χ4n) is 5.36. The van der Waals surface area contributed by atoms with Crippen molar-refractivity contribution in [3.05, 3.63) is 71.8 Å². The Morgan fingerprint density at radius 3 is 1.45 bits per heavy atom. The maximum atomic E-state index is 12.0. The zero-order chi connectivity index (χ0) is 21.3. The van der Waals surface area contributed by atoms with E-state index in [-0.39, 0.29) is 22.4 Å². The summed E-state index contributed by atoms with van der Waals surface area (Å²) in [7, 11) is 0. The molecule has 3 fully saturated rings. The second-order valence-electron chi connectivity index (χ2n) is 9.23. The number of rotatable bonds is 8. The Balaban J connectivity index is 0.000000329. The summed E-state index contributed by atoms with van der Waals surface area (Å²) in [4.78, 5) is 2.53. The van der Waals surface area contributed by atoms with E-state index in [0.29, 0.717) is 0 Å². The molecule has 3 heteroatoms. The van der Waals surface area contributed by atoms with Crippen molar-refractivity contribution in [1.82, 2.24) is 4.90 Å². The molecular formula is C28H42BrNO. The number of fused-ring (bicyclic) bond motifs is 3. The molecule has 31 heavy (non-hydrogen) atoms. The van der Waals surface area contributed by atoms with E-state index >= 15 is 0 Å². The van der Waals surface area contributed by atoms with Crippen molar-refractivity contribution in [2.75, 3.05) is 19.6 Å². The lowest BCUT2D eigenvalue weighted by molar-refractivity contribution is -0.125. The summed E-state index contributed by atoms with van der Waals surface area (Å²) in [6, 6.07) is 20.5. The molecule has 3 aliphatic heterocycles. The Labute approximate surface area is 200 Å². The Kier molecular flexibility index (Phi) is 10.7. The lowest BCUT2D eigenvalue weighted by Gasteiger charge is -2.56. The fraction of sp³-hybridized carbons (Fsp3) is 0.571. The molecule has 0 saturated carbocycles. The van der Waals surface area contributed by atoms with Gasteiger partial charge in [0, 0.05) is 5.41 Å². The fourth-order valence-corrected chi connectivity index (χ4v) is 5.36. The third kappa shape index (κ3) is 6.00. The van der Waals surface area contributed by atoms with Gasteiger partial charge in [-0.3, -0.25) is 0 Å². The minimum Gasteiger partial charge on any atom is -0.380 e. The number of benzene rings is 2. The van der Waals surface area contributed by atoms with E-state index in [4.69, 9.17) is 0 Å². The van der Waals surface area contributed by atoms with Crippen LogP contribution in [0.2, 0.25) is 0 Å². The zero-order valence-electron chi connectivity index (χ0n) is 19.6. The Morgan fingerprint density at radius 1 is 0.710 bits per heavy atom.